The lowest BCUT2D eigenvalue weighted by molar-refractivity contribution is 0.164. The molecule has 1 unspecified atom stereocenters. The van der Waals surface area contributed by atoms with Crippen molar-refractivity contribution >= 4 is 27.5 Å². The number of halogens is 2. The Morgan fingerprint density at radius 3 is 2.43 bits per heavy atom. The van der Waals surface area contributed by atoms with Crippen molar-refractivity contribution in [3.63, 3.8) is 0 Å². The Hall–Kier alpha value is -0.0500. The first-order chi connectivity index (χ1) is 6.74. The van der Waals surface area contributed by atoms with Gasteiger partial charge < -0.3 is 5.11 Å². The first-order valence-corrected chi connectivity index (χ1v) is 6.23. The Balaban J connectivity index is 2.43. The first-order valence-electron chi connectivity index (χ1n) is 4.73. The van der Waals surface area contributed by atoms with Gasteiger partial charge in [0.05, 0.1) is 6.10 Å². The lowest BCUT2D eigenvalue weighted by atomic mass is 10.0. The predicted octanol–water partition coefficient (Wildman–Crippen LogP) is 3.94. The van der Waals surface area contributed by atoms with Crippen LogP contribution in [0.3, 0.4) is 0 Å². The van der Waals surface area contributed by atoms with E-state index in [1.165, 1.54) is 0 Å². The van der Waals surface area contributed by atoms with Crippen LogP contribution in [0.15, 0.2) is 24.3 Å². The van der Waals surface area contributed by atoms with Crippen molar-refractivity contribution in [1.29, 1.82) is 0 Å². The smallest absolute Gasteiger partial charge is 0.0790 e. The van der Waals surface area contributed by atoms with Crippen LogP contribution in [0.4, 0.5) is 0 Å². The van der Waals surface area contributed by atoms with Gasteiger partial charge in [-0.1, -0.05) is 39.7 Å². The van der Waals surface area contributed by atoms with E-state index in [-0.39, 0.29) is 6.10 Å². The largest absolute Gasteiger partial charge is 0.388 e. The highest BCUT2D eigenvalue weighted by molar-refractivity contribution is 9.09. The highest BCUT2D eigenvalue weighted by Gasteiger charge is 2.06. The van der Waals surface area contributed by atoms with E-state index in [4.69, 9.17) is 11.6 Å². The van der Waals surface area contributed by atoms with Gasteiger partial charge in [0.1, 0.15) is 0 Å². The van der Waals surface area contributed by atoms with Crippen molar-refractivity contribution in [1.82, 2.24) is 0 Å². The first kappa shape index (κ1) is 12.0. The van der Waals surface area contributed by atoms with Crippen LogP contribution in [0.5, 0.6) is 0 Å². The molecule has 1 aromatic rings. The Kier molecular flexibility index (Phi) is 5.53. The summed E-state index contributed by atoms with van der Waals surface area (Å²) in [4.78, 5) is 0. The third-order valence-corrected chi connectivity index (χ3v) is 2.93. The van der Waals surface area contributed by atoms with E-state index in [0.29, 0.717) is 5.02 Å². The Bertz CT molecular complexity index is 260. The molecule has 1 N–H and O–H groups in total. The molecule has 1 aromatic carbocycles. The molecular formula is C11H14BrClO. The van der Waals surface area contributed by atoms with Gasteiger partial charge in [-0.25, -0.2) is 0 Å². The maximum absolute atomic E-state index is 9.78. The molecule has 1 nitrogen and oxygen atoms in total. The molecule has 0 aliphatic carbocycles. The molecule has 1 rings (SSSR count). The monoisotopic (exact) mass is 276 g/mol. The predicted molar refractivity (Wildman–Crippen MR) is 64.1 cm³/mol. The van der Waals surface area contributed by atoms with Crippen LogP contribution in [0.25, 0.3) is 0 Å². The van der Waals surface area contributed by atoms with Gasteiger partial charge in [-0.15, -0.1) is 0 Å². The summed E-state index contributed by atoms with van der Waals surface area (Å²) in [5, 5.41) is 11.5. The zero-order valence-corrected chi connectivity index (χ0v) is 10.3. The standard InChI is InChI=1S/C11H14BrClO/c12-8-2-1-3-11(14)9-4-6-10(13)7-5-9/h4-7,11,14H,1-3,8H2. The summed E-state index contributed by atoms with van der Waals surface area (Å²) < 4.78 is 0. The Labute approximate surface area is 98.2 Å². The van der Waals surface area contributed by atoms with Crippen molar-refractivity contribution in [2.24, 2.45) is 0 Å². The van der Waals surface area contributed by atoms with Crippen LogP contribution in [-0.4, -0.2) is 10.4 Å². The van der Waals surface area contributed by atoms with Crippen LogP contribution in [0.1, 0.15) is 30.9 Å². The summed E-state index contributed by atoms with van der Waals surface area (Å²) in [5.74, 6) is 0. The quantitative estimate of drug-likeness (QED) is 0.638. The second kappa shape index (κ2) is 6.44. The Morgan fingerprint density at radius 1 is 1.21 bits per heavy atom. The minimum absolute atomic E-state index is 0.355. The van der Waals surface area contributed by atoms with Crippen molar-refractivity contribution in [2.45, 2.75) is 25.4 Å². The van der Waals surface area contributed by atoms with Crippen LogP contribution in [0.2, 0.25) is 5.02 Å². The van der Waals surface area contributed by atoms with E-state index in [2.05, 4.69) is 15.9 Å². The van der Waals surface area contributed by atoms with Gasteiger partial charge in [0.2, 0.25) is 0 Å². The maximum Gasteiger partial charge on any atom is 0.0790 e. The molecule has 0 radical (unpaired) electrons. The average Bonchev–Trinajstić information content (AvgIpc) is 2.19. The van der Waals surface area contributed by atoms with Gasteiger partial charge in [-0.2, -0.15) is 0 Å². The fourth-order valence-corrected chi connectivity index (χ4v) is 1.81. The van der Waals surface area contributed by atoms with Crippen molar-refractivity contribution in [3.8, 4) is 0 Å². The fourth-order valence-electron chi connectivity index (χ4n) is 1.28. The molecule has 0 aliphatic rings. The van der Waals surface area contributed by atoms with Gasteiger partial charge in [-0.05, 0) is 37.0 Å². The van der Waals surface area contributed by atoms with Gasteiger partial charge in [0.15, 0.2) is 0 Å². The molecule has 0 spiro atoms. The van der Waals surface area contributed by atoms with Crippen LogP contribution < -0.4 is 0 Å². The molecule has 0 saturated carbocycles. The second-order valence-electron chi connectivity index (χ2n) is 3.25. The molecular weight excluding hydrogens is 263 g/mol. The summed E-state index contributed by atoms with van der Waals surface area (Å²) in [7, 11) is 0. The molecule has 0 aromatic heterocycles. The highest BCUT2D eigenvalue weighted by Crippen LogP contribution is 2.21. The van der Waals surface area contributed by atoms with Crippen molar-refractivity contribution in [2.75, 3.05) is 5.33 Å². The van der Waals surface area contributed by atoms with Crippen LogP contribution >= 0.6 is 27.5 Å². The molecule has 0 saturated heterocycles. The van der Waals surface area contributed by atoms with Gasteiger partial charge in [0, 0.05) is 10.4 Å². The molecule has 14 heavy (non-hydrogen) atoms. The van der Waals surface area contributed by atoms with Gasteiger partial charge in [0.25, 0.3) is 0 Å². The lowest BCUT2D eigenvalue weighted by Crippen LogP contribution is -1.97. The van der Waals surface area contributed by atoms with Crippen LogP contribution in [0, 0.1) is 0 Å². The third-order valence-electron chi connectivity index (χ3n) is 2.12. The minimum atomic E-state index is -0.355. The normalized spacial score (nSPS) is 12.8. The number of hydrogen-bond acceptors (Lipinski definition) is 1. The zero-order valence-electron chi connectivity index (χ0n) is 7.92. The van der Waals surface area contributed by atoms with Gasteiger partial charge in [-0.3, -0.25) is 0 Å². The number of alkyl halides is 1. The molecule has 0 amide bonds. The summed E-state index contributed by atoms with van der Waals surface area (Å²) >= 11 is 9.12. The molecule has 3 heteroatoms. The summed E-state index contributed by atoms with van der Waals surface area (Å²) in [6.45, 7) is 0. The Morgan fingerprint density at radius 2 is 1.86 bits per heavy atom. The number of aliphatic hydroxyl groups is 1. The number of unbranched alkanes of at least 4 members (excludes halogenated alkanes) is 1. The lowest BCUT2D eigenvalue weighted by Gasteiger charge is -2.10. The molecule has 0 aliphatic heterocycles. The number of aliphatic hydroxyl groups excluding tert-OH is 1. The molecule has 0 fully saturated rings. The molecule has 1 atom stereocenters. The average molecular weight is 278 g/mol. The van der Waals surface area contributed by atoms with Gasteiger partial charge >= 0.3 is 0 Å². The second-order valence-corrected chi connectivity index (χ2v) is 4.48. The number of hydrogen-bond donors (Lipinski definition) is 1. The summed E-state index contributed by atoms with van der Waals surface area (Å²) in [6, 6.07) is 7.37. The maximum atomic E-state index is 9.78. The summed E-state index contributed by atoms with van der Waals surface area (Å²) in [5.41, 5.74) is 0.948. The van der Waals surface area contributed by atoms with Crippen molar-refractivity contribution < 1.29 is 5.11 Å². The molecule has 78 valence electrons. The summed E-state index contributed by atoms with van der Waals surface area (Å²) in [6.07, 6.45) is 2.60. The topological polar surface area (TPSA) is 20.2 Å². The van der Waals surface area contributed by atoms with E-state index in [1.807, 2.05) is 24.3 Å². The molecule has 0 bridgehead atoms. The van der Waals surface area contributed by atoms with Crippen LogP contribution in [-0.2, 0) is 0 Å². The molecule has 0 heterocycles. The van der Waals surface area contributed by atoms with E-state index < -0.39 is 0 Å². The SMILES string of the molecule is OC(CCCCBr)c1ccc(Cl)cc1. The van der Waals surface area contributed by atoms with E-state index >= 15 is 0 Å². The number of benzene rings is 1. The van der Waals surface area contributed by atoms with E-state index in [9.17, 15) is 5.11 Å². The minimum Gasteiger partial charge on any atom is -0.388 e. The fraction of sp³-hybridized carbons (Fsp3) is 0.455. The van der Waals surface area contributed by atoms with E-state index in [1.54, 1.807) is 0 Å². The van der Waals surface area contributed by atoms with Crippen molar-refractivity contribution in [3.05, 3.63) is 34.9 Å². The zero-order chi connectivity index (χ0) is 10.4. The highest BCUT2D eigenvalue weighted by atomic mass is 79.9. The van der Waals surface area contributed by atoms with E-state index in [0.717, 1.165) is 30.2 Å². The number of rotatable bonds is 5. The third kappa shape index (κ3) is 3.99.